The Morgan fingerprint density at radius 3 is 2.38 bits per heavy atom. The zero-order chi connectivity index (χ0) is 19.3. The lowest BCUT2D eigenvalue weighted by Gasteiger charge is -2.18. The highest BCUT2D eigenvalue weighted by molar-refractivity contribution is 6.35. The summed E-state index contributed by atoms with van der Waals surface area (Å²) in [6.07, 6.45) is 0. The minimum absolute atomic E-state index is 0.0490. The first-order valence-corrected chi connectivity index (χ1v) is 9.16. The van der Waals surface area contributed by atoms with Crippen molar-refractivity contribution < 1.29 is 9.53 Å². The number of amides is 1. The molecule has 0 saturated heterocycles. The molecule has 0 fully saturated rings. The molecule has 0 unspecified atom stereocenters. The number of carbonyl (C=O) groups is 1. The number of aryl methyl sites for hydroxylation is 3. The minimum Gasteiger partial charge on any atom is -0.491 e. The van der Waals surface area contributed by atoms with Gasteiger partial charge in [0, 0.05) is 17.3 Å². The van der Waals surface area contributed by atoms with Gasteiger partial charge in [-0.3, -0.25) is 9.69 Å². The quantitative estimate of drug-likeness (QED) is 0.728. The molecule has 0 saturated carbocycles. The van der Waals surface area contributed by atoms with Crippen molar-refractivity contribution in [3.8, 4) is 5.75 Å². The maximum atomic E-state index is 12.3. The number of nitrogens with one attached hydrogen (secondary N) is 1. The summed E-state index contributed by atoms with van der Waals surface area (Å²) in [4.78, 5) is 14.2. The first kappa shape index (κ1) is 20.6. The molecule has 140 valence electrons. The van der Waals surface area contributed by atoms with Gasteiger partial charge in [-0.2, -0.15) is 0 Å². The van der Waals surface area contributed by atoms with E-state index >= 15 is 0 Å². The second-order valence-corrected chi connectivity index (χ2v) is 7.33. The number of benzene rings is 2. The first-order chi connectivity index (χ1) is 12.3. The van der Waals surface area contributed by atoms with Crippen molar-refractivity contribution in [3.63, 3.8) is 0 Å². The topological polar surface area (TPSA) is 41.6 Å². The van der Waals surface area contributed by atoms with Gasteiger partial charge in [0.15, 0.2) is 0 Å². The lowest BCUT2D eigenvalue weighted by molar-refractivity contribution is -0.117. The van der Waals surface area contributed by atoms with E-state index in [2.05, 4.69) is 17.4 Å². The molecule has 0 aliphatic heterocycles. The van der Waals surface area contributed by atoms with Crippen LogP contribution in [0.2, 0.25) is 10.0 Å². The van der Waals surface area contributed by atoms with Crippen LogP contribution >= 0.6 is 23.2 Å². The Labute approximate surface area is 165 Å². The average Bonchev–Trinajstić information content (AvgIpc) is 2.53. The lowest BCUT2D eigenvalue weighted by Crippen LogP contribution is -2.33. The van der Waals surface area contributed by atoms with Gasteiger partial charge in [0.25, 0.3) is 0 Å². The van der Waals surface area contributed by atoms with Crippen LogP contribution in [0.3, 0.4) is 0 Å². The number of anilines is 1. The number of nitrogens with zero attached hydrogens (tertiary/aromatic N) is 1. The minimum atomic E-state index is -0.0490. The Morgan fingerprint density at radius 2 is 1.77 bits per heavy atom. The predicted molar refractivity (Wildman–Crippen MR) is 109 cm³/mol. The van der Waals surface area contributed by atoms with Gasteiger partial charge < -0.3 is 10.1 Å². The second kappa shape index (κ2) is 9.26. The summed E-state index contributed by atoms with van der Waals surface area (Å²) < 4.78 is 5.65. The van der Waals surface area contributed by atoms with Crippen LogP contribution in [0.25, 0.3) is 0 Å². The van der Waals surface area contributed by atoms with Crippen molar-refractivity contribution >= 4 is 34.8 Å². The van der Waals surface area contributed by atoms with E-state index in [4.69, 9.17) is 27.9 Å². The summed E-state index contributed by atoms with van der Waals surface area (Å²) in [5.74, 6) is 0.534. The van der Waals surface area contributed by atoms with Crippen LogP contribution < -0.4 is 10.1 Å². The Morgan fingerprint density at radius 1 is 1.12 bits per heavy atom. The largest absolute Gasteiger partial charge is 0.491 e. The van der Waals surface area contributed by atoms with Crippen LogP contribution in [0.5, 0.6) is 5.75 Å². The predicted octanol–water partition coefficient (Wildman–Crippen LogP) is 4.87. The number of likely N-dealkylation sites (N-methyl/N-ethyl adjacent to an activating group) is 1. The van der Waals surface area contributed by atoms with Gasteiger partial charge in [-0.05, 0) is 57.1 Å². The van der Waals surface area contributed by atoms with Crippen molar-refractivity contribution in [2.45, 2.75) is 20.8 Å². The highest BCUT2D eigenvalue weighted by Crippen LogP contribution is 2.27. The molecular weight excluding hydrogens is 371 g/mol. The fourth-order valence-corrected chi connectivity index (χ4v) is 3.25. The zero-order valence-corrected chi connectivity index (χ0v) is 17.0. The molecule has 0 aliphatic carbocycles. The van der Waals surface area contributed by atoms with Crippen molar-refractivity contribution in [3.05, 3.63) is 57.1 Å². The molecular formula is C20H24Cl2N2O2. The molecule has 0 aliphatic rings. The Hall–Kier alpha value is -1.75. The van der Waals surface area contributed by atoms with Crippen LogP contribution in [-0.4, -0.2) is 37.6 Å². The Balaban J connectivity index is 1.82. The molecule has 1 amide bonds. The molecule has 0 radical (unpaired) electrons. The van der Waals surface area contributed by atoms with E-state index < -0.39 is 0 Å². The summed E-state index contributed by atoms with van der Waals surface area (Å²) >= 11 is 11.9. The summed E-state index contributed by atoms with van der Waals surface area (Å²) in [5.41, 5.74) is 4.21. The van der Waals surface area contributed by atoms with Crippen molar-refractivity contribution in [2.24, 2.45) is 0 Å². The number of ether oxygens (including phenoxy) is 1. The molecule has 26 heavy (non-hydrogen) atoms. The number of carbonyl (C=O) groups excluding carboxylic acids is 1. The molecule has 0 bridgehead atoms. The lowest BCUT2D eigenvalue weighted by atomic mass is 10.1. The number of hydrogen-bond donors (Lipinski definition) is 1. The van der Waals surface area contributed by atoms with Gasteiger partial charge in [0.05, 0.1) is 11.6 Å². The summed E-state index contributed by atoms with van der Waals surface area (Å²) in [7, 11) is 1.88. The molecule has 6 heteroatoms. The molecule has 2 rings (SSSR count). The molecule has 0 atom stereocenters. The third-order valence-corrected chi connectivity index (χ3v) is 4.51. The van der Waals surface area contributed by atoms with Gasteiger partial charge in [-0.15, -0.1) is 0 Å². The van der Waals surface area contributed by atoms with Crippen LogP contribution in [0, 0.1) is 20.8 Å². The number of hydrogen-bond acceptors (Lipinski definition) is 3. The van der Waals surface area contributed by atoms with E-state index in [0.717, 1.165) is 16.8 Å². The van der Waals surface area contributed by atoms with Gasteiger partial charge in [0.1, 0.15) is 12.4 Å². The third kappa shape index (κ3) is 5.90. The second-order valence-electron chi connectivity index (χ2n) is 6.48. The number of halogens is 2. The summed E-state index contributed by atoms with van der Waals surface area (Å²) in [6, 6.07) is 9.24. The highest BCUT2D eigenvalue weighted by atomic mass is 35.5. The maximum Gasteiger partial charge on any atom is 0.238 e. The zero-order valence-electron chi connectivity index (χ0n) is 15.5. The molecule has 1 N–H and O–H groups in total. The summed E-state index contributed by atoms with van der Waals surface area (Å²) in [5, 5.41) is 4.05. The van der Waals surface area contributed by atoms with E-state index in [-0.39, 0.29) is 12.5 Å². The molecule has 0 aromatic heterocycles. The van der Waals surface area contributed by atoms with E-state index in [9.17, 15) is 4.79 Å². The fraction of sp³-hybridized carbons (Fsp3) is 0.350. The van der Waals surface area contributed by atoms with Crippen molar-refractivity contribution in [2.75, 3.05) is 32.1 Å². The van der Waals surface area contributed by atoms with Gasteiger partial charge in [-0.25, -0.2) is 0 Å². The third-order valence-electron chi connectivity index (χ3n) is 3.98. The normalized spacial score (nSPS) is 10.9. The molecule has 4 nitrogen and oxygen atoms in total. The first-order valence-electron chi connectivity index (χ1n) is 8.40. The van der Waals surface area contributed by atoms with Gasteiger partial charge in [-0.1, -0.05) is 40.9 Å². The SMILES string of the molecule is Cc1cc(C)c(NC(=O)CN(C)CCOc2ccc(Cl)cc2Cl)c(C)c1. The molecule has 0 heterocycles. The number of rotatable bonds is 7. The fourth-order valence-electron chi connectivity index (χ4n) is 2.78. The Kier molecular flexibility index (Phi) is 7.33. The monoisotopic (exact) mass is 394 g/mol. The maximum absolute atomic E-state index is 12.3. The van der Waals surface area contributed by atoms with Crippen LogP contribution in [0.1, 0.15) is 16.7 Å². The molecule has 2 aromatic rings. The van der Waals surface area contributed by atoms with Crippen LogP contribution in [0.15, 0.2) is 30.3 Å². The van der Waals surface area contributed by atoms with Gasteiger partial charge >= 0.3 is 0 Å². The van der Waals surface area contributed by atoms with Crippen molar-refractivity contribution in [1.29, 1.82) is 0 Å². The van der Waals surface area contributed by atoms with E-state index in [0.29, 0.717) is 28.9 Å². The highest BCUT2D eigenvalue weighted by Gasteiger charge is 2.11. The standard InChI is InChI=1S/C20H24Cl2N2O2/c1-13-9-14(2)20(15(3)10-13)23-19(25)12-24(4)7-8-26-18-6-5-16(21)11-17(18)22/h5-6,9-11H,7-8,12H2,1-4H3,(H,23,25). The van der Waals surface area contributed by atoms with Crippen molar-refractivity contribution in [1.82, 2.24) is 4.90 Å². The molecule has 0 spiro atoms. The van der Waals surface area contributed by atoms with Gasteiger partial charge in [0.2, 0.25) is 5.91 Å². The van der Waals surface area contributed by atoms with Crippen LogP contribution in [-0.2, 0) is 4.79 Å². The molecule has 2 aromatic carbocycles. The van der Waals surface area contributed by atoms with E-state index in [1.165, 1.54) is 5.56 Å². The Bertz CT molecular complexity index is 770. The smallest absolute Gasteiger partial charge is 0.238 e. The van der Waals surface area contributed by atoms with E-state index in [1.807, 2.05) is 32.7 Å². The summed E-state index contributed by atoms with van der Waals surface area (Å²) in [6.45, 7) is 7.36. The average molecular weight is 395 g/mol. The van der Waals surface area contributed by atoms with E-state index in [1.54, 1.807) is 18.2 Å². The van der Waals surface area contributed by atoms with Crippen LogP contribution in [0.4, 0.5) is 5.69 Å².